The van der Waals surface area contributed by atoms with Crippen LogP contribution in [0.2, 0.25) is 0 Å². The molecule has 0 fully saturated rings. The largest absolute Gasteiger partial charge is 0.464 e. The van der Waals surface area contributed by atoms with E-state index < -0.39 is 0 Å². The molecule has 21 heavy (non-hydrogen) atoms. The van der Waals surface area contributed by atoms with Crippen LogP contribution in [0.3, 0.4) is 0 Å². The molecule has 1 atom stereocenters. The fourth-order valence-corrected chi connectivity index (χ4v) is 2.18. The summed E-state index contributed by atoms with van der Waals surface area (Å²) in [5, 5.41) is 3.41. The summed E-state index contributed by atoms with van der Waals surface area (Å²) in [7, 11) is 0. The minimum Gasteiger partial charge on any atom is -0.464 e. The number of hydrogen-bond acceptors (Lipinski definition) is 3. The molecule has 114 valence electrons. The normalized spacial score (nSPS) is 12.8. The van der Waals surface area contributed by atoms with Crippen molar-refractivity contribution in [3.05, 3.63) is 59.0 Å². The van der Waals surface area contributed by atoms with E-state index in [1.807, 2.05) is 25.1 Å². The van der Waals surface area contributed by atoms with Gasteiger partial charge in [-0.25, -0.2) is 0 Å². The van der Waals surface area contributed by atoms with Gasteiger partial charge in [0.25, 0.3) is 0 Å². The number of rotatable bonds is 7. The van der Waals surface area contributed by atoms with E-state index in [1.165, 1.54) is 11.1 Å². The fourth-order valence-electron chi connectivity index (χ4n) is 2.18. The summed E-state index contributed by atoms with van der Waals surface area (Å²) >= 11 is 0. The van der Waals surface area contributed by atoms with E-state index in [9.17, 15) is 0 Å². The minimum atomic E-state index is 0.0637. The molecule has 1 aromatic heterocycles. The summed E-state index contributed by atoms with van der Waals surface area (Å²) in [6, 6.07) is 12.8. The van der Waals surface area contributed by atoms with Crippen LogP contribution in [0.4, 0.5) is 0 Å². The standard InChI is InChI=1S/C18H25NO2/c1-13(2)19-11-17-10-18(21-15(17)4)12-20-14(3)16-8-6-5-7-9-16/h5-10,13-14,19H,11-12H2,1-4H3. The van der Waals surface area contributed by atoms with Gasteiger partial charge in [0.15, 0.2) is 0 Å². The highest BCUT2D eigenvalue weighted by Gasteiger charge is 2.10. The second-order valence-electron chi connectivity index (χ2n) is 5.69. The third-order valence-corrected chi connectivity index (χ3v) is 3.52. The monoisotopic (exact) mass is 287 g/mol. The van der Waals surface area contributed by atoms with Crippen molar-refractivity contribution in [2.24, 2.45) is 0 Å². The molecule has 0 amide bonds. The maximum atomic E-state index is 5.89. The molecule has 2 aromatic rings. The predicted molar refractivity (Wildman–Crippen MR) is 85.1 cm³/mol. The number of hydrogen-bond donors (Lipinski definition) is 1. The molecule has 0 aliphatic rings. The summed E-state index contributed by atoms with van der Waals surface area (Å²) in [5.74, 6) is 1.85. The number of benzene rings is 1. The molecule has 3 heteroatoms. The first-order valence-corrected chi connectivity index (χ1v) is 7.54. The average Bonchev–Trinajstić information content (AvgIpc) is 2.84. The van der Waals surface area contributed by atoms with Crippen LogP contribution < -0.4 is 5.32 Å². The molecule has 1 unspecified atom stereocenters. The van der Waals surface area contributed by atoms with Gasteiger partial charge in [-0.3, -0.25) is 0 Å². The van der Waals surface area contributed by atoms with Crippen molar-refractivity contribution in [1.82, 2.24) is 5.32 Å². The third-order valence-electron chi connectivity index (χ3n) is 3.52. The lowest BCUT2D eigenvalue weighted by atomic mass is 10.1. The molecule has 3 nitrogen and oxygen atoms in total. The Labute approximate surface area is 127 Å². The van der Waals surface area contributed by atoms with E-state index >= 15 is 0 Å². The summed E-state index contributed by atoms with van der Waals surface area (Å²) in [5.41, 5.74) is 2.39. The fraction of sp³-hybridized carbons (Fsp3) is 0.444. The highest BCUT2D eigenvalue weighted by atomic mass is 16.5. The summed E-state index contributed by atoms with van der Waals surface area (Å²) in [6.07, 6.45) is 0.0637. The Morgan fingerprint density at radius 1 is 1.14 bits per heavy atom. The molecule has 0 aliphatic heterocycles. The van der Waals surface area contributed by atoms with Gasteiger partial charge in [0, 0.05) is 18.2 Å². The second-order valence-corrected chi connectivity index (χ2v) is 5.69. The van der Waals surface area contributed by atoms with E-state index in [-0.39, 0.29) is 6.10 Å². The van der Waals surface area contributed by atoms with Crippen molar-refractivity contribution in [1.29, 1.82) is 0 Å². The van der Waals surface area contributed by atoms with Gasteiger partial charge < -0.3 is 14.5 Å². The van der Waals surface area contributed by atoms with Gasteiger partial charge in [-0.2, -0.15) is 0 Å². The molecular weight excluding hydrogens is 262 g/mol. The Kier molecular flexibility index (Phi) is 5.59. The van der Waals surface area contributed by atoms with Crippen molar-refractivity contribution < 1.29 is 9.15 Å². The summed E-state index contributed by atoms with van der Waals surface area (Å²) < 4.78 is 11.7. The van der Waals surface area contributed by atoms with Gasteiger partial charge in [0.1, 0.15) is 18.1 Å². The number of aryl methyl sites for hydroxylation is 1. The van der Waals surface area contributed by atoms with Crippen LogP contribution in [-0.4, -0.2) is 6.04 Å². The van der Waals surface area contributed by atoms with Crippen LogP contribution in [-0.2, 0) is 17.9 Å². The van der Waals surface area contributed by atoms with Gasteiger partial charge in [-0.15, -0.1) is 0 Å². The zero-order valence-electron chi connectivity index (χ0n) is 13.3. The first-order chi connectivity index (χ1) is 10.1. The summed E-state index contributed by atoms with van der Waals surface area (Å²) in [4.78, 5) is 0. The zero-order chi connectivity index (χ0) is 15.2. The first kappa shape index (κ1) is 15.8. The molecule has 0 aliphatic carbocycles. The van der Waals surface area contributed by atoms with Crippen molar-refractivity contribution in [2.45, 2.75) is 53.0 Å². The minimum absolute atomic E-state index is 0.0637. The van der Waals surface area contributed by atoms with Gasteiger partial charge >= 0.3 is 0 Å². The van der Waals surface area contributed by atoms with Crippen LogP contribution in [0.15, 0.2) is 40.8 Å². The molecule has 0 spiro atoms. The maximum absolute atomic E-state index is 5.89. The van der Waals surface area contributed by atoms with Crippen molar-refractivity contribution in [3.8, 4) is 0 Å². The highest BCUT2D eigenvalue weighted by molar-refractivity contribution is 5.21. The molecule has 1 N–H and O–H groups in total. The van der Waals surface area contributed by atoms with Gasteiger partial charge in [0.05, 0.1) is 6.10 Å². The summed E-state index contributed by atoms with van der Waals surface area (Å²) in [6.45, 7) is 9.68. The molecule has 1 heterocycles. The SMILES string of the molecule is Cc1oc(COC(C)c2ccccc2)cc1CNC(C)C. The molecule has 1 aromatic carbocycles. The first-order valence-electron chi connectivity index (χ1n) is 7.54. The Bertz CT molecular complexity index is 546. The van der Waals surface area contributed by atoms with Crippen molar-refractivity contribution >= 4 is 0 Å². The molecule has 0 bridgehead atoms. The van der Waals surface area contributed by atoms with Crippen LogP contribution in [0, 0.1) is 6.92 Å². The number of furan rings is 1. The van der Waals surface area contributed by atoms with Crippen LogP contribution >= 0.6 is 0 Å². The Morgan fingerprint density at radius 2 is 1.86 bits per heavy atom. The predicted octanol–water partition coefficient (Wildman–Crippen LogP) is 4.36. The molecule has 0 radical (unpaired) electrons. The van der Waals surface area contributed by atoms with Crippen LogP contribution in [0.5, 0.6) is 0 Å². The van der Waals surface area contributed by atoms with E-state index in [0.717, 1.165) is 18.1 Å². The lowest BCUT2D eigenvalue weighted by molar-refractivity contribution is 0.0416. The zero-order valence-corrected chi connectivity index (χ0v) is 13.3. The smallest absolute Gasteiger partial charge is 0.130 e. The van der Waals surface area contributed by atoms with Crippen molar-refractivity contribution in [3.63, 3.8) is 0 Å². The third kappa shape index (κ3) is 4.73. The van der Waals surface area contributed by atoms with E-state index in [1.54, 1.807) is 0 Å². The van der Waals surface area contributed by atoms with Gasteiger partial charge in [-0.05, 0) is 25.5 Å². The second kappa shape index (κ2) is 7.43. The lowest BCUT2D eigenvalue weighted by Crippen LogP contribution is -2.21. The lowest BCUT2D eigenvalue weighted by Gasteiger charge is -2.12. The van der Waals surface area contributed by atoms with E-state index in [0.29, 0.717) is 12.6 Å². The number of ether oxygens (including phenoxy) is 1. The van der Waals surface area contributed by atoms with E-state index in [2.05, 4.69) is 44.3 Å². The van der Waals surface area contributed by atoms with E-state index in [4.69, 9.17) is 9.15 Å². The van der Waals surface area contributed by atoms with Gasteiger partial charge in [-0.1, -0.05) is 44.2 Å². The topological polar surface area (TPSA) is 34.4 Å². The number of nitrogens with one attached hydrogen (secondary N) is 1. The maximum Gasteiger partial charge on any atom is 0.130 e. The molecule has 2 rings (SSSR count). The quantitative estimate of drug-likeness (QED) is 0.821. The Balaban J connectivity index is 1.90. The molecule has 0 saturated heterocycles. The Morgan fingerprint density at radius 3 is 2.52 bits per heavy atom. The molecular formula is C18H25NO2. The van der Waals surface area contributed by atoms with Crippen LogP contribution in [0.25, 0.3) is 0 Å². The van der Waals surface area contributed by atoms with Crippen molar-refractivity contribution in [2.75, 3.05) is 0 Å². The average molecular weight is 287 g/mol. The molecule has 0 saturated carbocycles. The van der Waals surface area contributed by atoms with Crippen LogP contribution in [0.1, 0.15) is 49.5 Å². The van der Waals surface area contributed by atoms with Gasteiger partial charge in [0.2, 0.25) is 0 Å². The Hall–Kier alpha value is -1.58. The highest BCUT2D eigenvalue weighted by Crippen LogP contribution is 2.21.